The van der Waals surface area contributed by atoms with Crippen molar-refractivity contribution in [3.63, 3.8) is 0 Å². The second-order valence-corrected chi connectivity index (χ2v) is 13.1. The summed E-state index contributed by atoms with van der Waals surface area (Å²) >= 11 is 0. The molecule has 1 saturated heterocycles. The highest BCUT2D eigenvalue weighted by Crippen LogP contribution is 2.43. The van der Waals surface area contributed by atoms with Gasteiger partial charge in [-0.2, -0.15) is 0 Å². The average Bonchev–Trinajstić information content (AvgIpc) is 3.19. The minimum Gasteiger partial charge on any atom is -0.482 e. The van der Waals surface area contributed by atoms with Crippen molar-refractivity contribution in [3.8, 4) is 5.75 Å². The van der Waals surface area contributed by atoms with Gasteiger partial charge in [0.1, 0.15) is 5.60 Å². The molecule has 2 aromatic heterocycles. The molecular weight excluding hydrogens is 567 g/mol. The highest BCUT2D eigenvalue weighted by molar-refractivity contribution is 5.92. The van der Waals surface area contributed by atoms with E-state index < -0.39 is 5.60 Å². The van der Waals surface area contributed by atoms with Crippen LogP contribution in [0.4, 0.5) is 15.9 Å². The van der Waals surface area contributed by atoms with Gasteiger partial charge in [-0.05, 0) is 58.9 Å². The third-order valence-electron chi connectivity index (χ3n) is 8.94. The Labute approximate surface area is 264 Å². The number of rotatable bonds is 7. The molecular formula is C36H41FN6O2. The van der Waals surface area contributed by atoms with E-state index in [0.717, 1.165) is 42.9 Å². The predicted molar refractivity (Wildman–Crippen MR) is 174 cm³/mol. The second kappa shape index (κ2) is 12.8. The molecule has 2 aromatic carbocycles. The van der Waals surface area contributed by atoms with Gasteiger partial charge in [0, 0.05) is 64.4 Å². The van der Waals surface area contributed by atoms with Crippen LogP contribution in [0, 0.1) is 5.82 Å². The lowest BCUT2D eigenvalue weighted by Crippen LogP contribution is -2.49. The van der Waals surface area contributed by atoms with Crippen LogP contribution in [0.5, 0.6) is 5.75 Å². The van der Waals surface area contributed by atoms with E-state index in [1.165, 1.54) is 17.2 Å². The number of benzene rings is 2. The van der Waals surface area contributed by atoms with Crippen molar-refractivity contribution in [1.29, 1.82) is 0 Å². The maximum absolute atomic E-state index is 15.3. The van der Waals surface area contributed by atoms with Crippen LogP contribution in [-0.4, -0.2) is 52.9 Å². The molecule has 1 spiro atoms. The van der Waals surface area contributed by atoms with Crippen LogP contribution >= 0.6 is 0 Å². The zero-order valence-electron chi connectivity index (χ0n) is 26.3. The Morgan fingerprint density at radius 3 is 2.40 bits per heavy atom. The van der Waals surface area contributed by atoms with Gasteiger partial charge in [0.25, 0.3) is 5.91 Å². The van der Waals surface area contributed by atoms with Crippen LogP contribution in [0.1, 0.15) is 67.2 Å². The maximum Gasteiger partial charge on any atom is 0.271 e. The summed E-state index contributed by atoms with van der Waals surface area (Å²) in [4.78, 5) is 21.1. The summed E-state index contributed by atoms with van der Waals surface area (Å²) in [6, 6.07) is 21.4. The molecule has 6 rings (SSSR count). The molecule has 0 unspecified atom stereocenters. The smallest absolute Gasteiger partial charge is 0.271 e. The molecule has 0 saturated carbocycles. The monoisotopic (exact) mass is 608 g/mol. The number of pyridine rings is 1. The number of hydrogen-bond donors (Lipinski definition) is 1. The molecule has 4 aromatic rings. The first-order valence-electron chi connectivity index (χ1n) is 15.8. The molecule has 45 heavy (non-hydrogen) atoms. The van der Waals surface area contributed by atoms with Crippen molar-refractivity contribution in [2.75, 3.05) is 36.0 Å². The summed E-state index contributed by atoms with van der Waals surface area (Å²) in [5.41, 5.74) is 4.24. The number of fused-ring (bicyclic) bond motifs is 1. The minimum absolute atomic E-state index is 0.0924. The minimum atomic E-state index is -0.472. The molecule has 234 valence electrons. The Kier molecular flexibility index (Phi) is 8.70. The SMILES string of the molecule is CC(C)(C)c1ccc(CN2CCC3(CCN(c4ccc(C(=O)NCCc5cccnc5)nn4)CC3)Oc3c(F)cccc32)cc1. The number of hydrogen-bond acceptors (Lipinski definition) is 7. The van der Waals surface area contributed by atoms with Gasteiger partial charge >= 0.3 is 0 Å². The molecule has 8 nitrogen and oxygen atoms in total. The number of nitrogens with one attached hydrogen (secondary N) is 1. The van der Waals surface area contributed by atoms with Gasteiger partial charge in [-0.15, -0.1) is 10.2 Å². The lowest BCUT2D eigenvalue weighted by molar-refractivity contribution is 0.0373. The zero-order valence-corrected chi connectivity index (χ0v) is 26.3. The Morgan fingerprint density at radius 2 is 1.71 bits per heavy atom. The third-order valence-corrected chi connectivity index (χ3v) is 8.94. The Bertz CT molecular complexity index is 1600. The molecule has 1 N–H and O–H groups in total. The number of ether oxygens (including phenoxy) is 1. The summed E-state index contributed by atoms with van der Waals surface area (Å²) in [6.45, 7) is 9.98. The molecule has 0 radical (unpaired) electrons. The van der Waals surface area contributed by atoms with E-state index >= 15 is 4.39 Å². The van der Waals surface area contributed by atoms with E-state index in [4.69, 9.17) is 4.74 Å². The van der Waals surface area contributed by atoms with Gasteiger partial charge in [0.2, 0.25) is 0 Å². The van der Waals surface area contributed by atoms with Crippen LogP contribution in [0.15, 0.2) is 79.1 Å². The average molecular weight is 609 g/mol. The molecule has 1 fully saturated rings. The van der Waals surface area contributed by atoms with Gasteiger partial charge < -0.3 is 19.9 Å². The van der Waals surface area contributed by atoms with Gasteiger partial charge in [-0.3, -0.25) is 9.78 Å². The number of piperidine rings is 1. The number of amides is 1. The molecule has 0 bridgehead atoms. The number of halogens is 1. The summed E-state index contributed by atoms with van der Waals surface area (Å²) in [5.74, 6) is 0.480. The van der Waals surface area contributed by atoms with Gasteiger partial charge in [-0.1, -0.05) is 57.2 Å². The summed E-state index contributed by atoms with van der Waals surface area (Å²) in [7, 11) is 0. The lowest BCUT2D eigenvalue weighted by Gasteiger charge is -2.41. The lowest BCUT2D eigenvalue weighted by atomic mass is 9.86. The van der Waals surface area contributed by atoms with Crippen molar-refractivity contribution in [1.82, 2.24) is 20.5 Å². The first-order valence-corrected chi connectivity index (χ1v) is 15.8. The van der Waals surface area contributed by atoms with Crippen molar-refractivity contribution >= 4 is 17.4 Å². The van der Waals surface area contributed by atoms with Crippen LogP contribution < -0.4 is 19.9 Å². The van der Waals surface area contributed by atoms with Gasteiger partial charge in [0.15, 0.2) is 23.1 Å². The van der Waals surface area contributed by atoms with Crippen LogP contribution in [0.2, 0.25) is 0 Å². The number of carbonyl (C=O) groups excluding carboxylic acids is 1. The highest BCUT2D eigenvalue weighted by Gasteiger charge is 2.41. The second-order valence-electron chi connectivity index (χ2n) is 13.1. The van der Waals surface area contributed by atoms with E-state index in [1.807, 2.05) is 24.3 Å². The van der Waals surface area contributed by atoms with E-state index in [2.05, 4.69) is 75.3 Å². The van der Waals surface area contributed by atoms with Crippen LogP contribution in [0.25, 0.3) is 0 Å². The Balaban J connectivity index is 1.08. The fraction of sp³-hybridized carbons (Fsp3) is 0.389. The molecule has 2 aliphatic heterocycles. The fourth-order valence-corrected chi connectivity index (χ4v) is 6.14. The summed E-state index contributed by atoms with van der Waals surface area (Å²) in [5, 5.41) is 11.5. The number of nitrogens with zero attached hydrogens (tertiary/aromatic N) is 5. The third kappa shape index (κ3) is 7.08. The van der Waals surface area contributed by atoms with E-state index in [0.29, 0.717) is 38.3 Å². The number of carbonyl (C=O) groups is 1. The van der Waals surface area contributed by atoms with Crippen molar-refractivity contribution in [2.45, 2.75) is 64.0 Å². The quantitative estimate of drug-likeness (QED) is 0.271. The molecule has 4 heterocycles. The van der Waals surface area contributed by atoms with Crippen molar-refractivity contribution in [3.05, 3.63) is 107 Å². The van der Waals surface area contributed by atoms with E-state index in [1.54, 1.807) is 24.5 Å². The number of aromatic nitrogens is 3. The first kappa shape index (κ1) is 30.5. The zero-order chi connectivity index (χ0) is 31.4. The molecule has 9 heteroatoms. The summed E-state index contributed by atoms with van der Waals surface area (Å²) in [6.07, 6.45) is 6.46. The number of anilines is 2. The maximum atomic E-state index is 15.3. The van der Waals surface area contributed by atoms with Crippen molar-refractivity contribution < 1.29 is 13.9 Å². The van der Waals surface area contributed by atoms with Crippen LogP contribution in [0.3, 0.4) is 0 Å². The Morgan fingerprint density at radius 1 is 0.933 bits per heavy atom. The normalized spacial score (nSPS) is 16.1. The van der Waals surface area contributed by atoms with Crippen LogP contribution in [-0.2, 0) is 18.4 Å². The molecule has 2 aliphatic rings. The van der Waals surface area contributed by atoms with Crippen molar-refractivity contribution in [2.24, 2.45) is 0 Å². The van der Waals surface area contributed by atoms with Gasteiger partial charge in [-0.25, -0.2) is 4.39 Å². The molecule has 1 amide bonds. The fourth-order valence-electron chi connectivity index (χ4n) is 6.14. The highest BCUT2D eigenvalue weighted by atomic mass is 19.1. The largest absolute Gasteiger partial charge is 0.482 e. The first-order chi connectivity index (χ1) is 21.7. The number of para-hydroxylation sites is 1. The standard InChI is InChI=1S/C36H41FN6O2/c1-35(2,3)28-11-9-27(10-12-28)25-43-23-18-36(45-33-29(37)7-4-8-31(33)43)16-21-42(22-17-36)32-14-13-30(40-41-32)34(44)39-20-15-26-6-5-19-38-24-26/h4-14,19,24H,15-18,20-23,25H2,1-3H3,(H,39,44). The molecule has 0 aliphatic carbocycles. The summed E-state index contributed by atoms with van der Waals surface area (Å²) < 4.78 is 21.9. The van der Waals surface area contributed by atoms with E-state index in [-0.39, 0.29) is 22.8 Å². The Hall–Kier alpha value is -4.53. The topological polar surface area (TPSA) is 83.5 Å². The predicted octanol–water partition coefficient (Wildman–Crippen LogP) is 6.11. The molecule has 0 atom stereocenters. The van der Waals surface area contributed by atoms with Gasteiger partial charge in [0.05, 0.1) is 5.69 Å². The van der Waals surface area contributed by atoms with E-state index in [9.17, 15) is 4.79 Å².